The topological polar surface area (TPSA) is 81.2 Å². The number of carbonyl (C=O) groups excluding carboxylic acids is 2. The van der Waals surface area contributed by atoms with E-state index in [1.54, 1.807) is 18.5 Å². The van der Waals surface area contributed by atoms with Gasteiger partial charge in [-0.2, -0.15) is 0 Å². The number of esters is 1. The van der Waals surface area contributed by atoms with Gasteiger partial charge in [-0.05, 0) is 23.8 Å². The number of hydrogen-bond acceptors (Lipinski definition) is 5. The van der Waals surface area contributed by atoms with Gasteiger partial charge in [0.2, 0.25) is 0 Å². The number of rotatable bonds is 5. The van der Waals surface area contributed by atoms with Gasteiger partial charge in [0.05, 0.1) is 5.56 Å². The Morgan fingerprint density at radius 2 is 1.90 bits per heavy atom. The van der Waals surface area contributed by atoms with E-state index in [1.807, 2.05) is 6.07 Å². The Labute approximate surface area is 115 Å². The number of pyridine rings is 2. The number of aromatic nitrogens is 2. The lowest BCUT2D eigenvalue weighted by Crippen LogP contribution is -2.28. The Balaban J connectivity index is 1.74. The van der Waals surface area contributed by atoms with Gasteiger partial charge >= 0.3 is 5.97 Å². The van der Waals surface area contributed by atoms with Crippen LogP contribution in [-0.4, -0.2) is 28.5 Å². The summed E-state index contributed by atoms with van der Waals surface area (Å²) in [6.45, 7) is 0.0287. The molecule has 102 valence electrons. The van der Waals surface area contributed by atoms with Crippen molar-refractivity contribution in [1.82, 2.24) is 15.3 Å². The van der Waals surface area contributed by atoms with Crippen molar-refractivity contribution < 1.29 is 14.3 Å². The molecule has 0 bridgehead atoms. The molecule has 2 rings (SSSR count). The van der Waals surface area contributed by atoms with Crippen molar-refractivity contribution in [3.63, 3.8) is 0 Å². The normalized spacial score (nSPS) is 9.80. The highest BCUT2D eigenvalue weighted by molar-refractivity contribution is 5.91. The van der Waals surface area contributed by atoms with E-state index in [9.17, 15) is 9.59 Å². The van der Waals surface area contributed by atoms with Crippen LogP contribution >= 0.6 is 0 Å². The molecule has 0 aromatic carbocycles. The fourth-order valence-electron chi connectivity index (χ4n) is 1.46. The first kappa shape index (κ1) is 13.7. The Morgan fingerprint density at radius 3 is 2.60 bits per heavy atom. The molecule has 0 aliphatic heterocycles. The van der Waals surface area contributed by atoms with Crippen LogP contribution in [-0.2, 0) is 16.1 Å². The van der Waals surface area contributed by atoms with Crippen LogP contribution in [0.25, 0.3) is 0 Å². The molecule has 0 aliphatic rings. The molecule has 0 aliphatic carbocycles. The number of carbonyl (C=O) groups is 2. The zero-order chi connectivity index (χ0) is 14.2. The van der Waals surface area contributed by atoms with Crippen LogP contribution in [0.4, 0.5) is 0 Å². The number of nitrogens with zero attached hydrogens (tertiary/aromatic N) is 2. The summed E-state index contributed by atoms with van der Waals surface area (Å²) in [5.74, 6) is -0.916. The highest BCUT2D eigenvalue weighted by Crippen LogP contribution is 1.99. The second kappa shape index (κ2) is 6.98. The zero-order valence-electron chi connectivity index (χ0n) is 10.7. The summed E-state index contributed by atoms with van der Waals surface area (Å²) in [6, 6.07) is 6.67. The van der Waals surface area contributed by atoms with Crippen molar-refractivity contribution in [2.24, 2.45) is 0 Å². The number of nitrogens with one attached hydrogen (secondary N) is 1. The summed E-state index contributed by atoms with van der Waals surface area (Å²) in [7, 11) is 0. The largest absolute Gasteiger partial charge is 0.452 e. The highest BCUT2D eigenvalue weighted by Gasteiger charge is 2.09. The standard InChI is InChI=1S/C14H13N3O3/c18-13(17-9-11-2-1-5-16-8-11)10-20-14(19)12-3-6-15-7-4-12/h1-8H,9-10H2,(H,17,18). The molecule has 6 nitrogen and oxygen atoms in total. The Bertz CT molecular complexity index is 573. The molecule has 2 aromatic heterocycles. The maximum absolute atomic E-state index is 11.6. The minimum Gasteiger partial charge on any atom is -0.452 e. The molecule has 2 aromatic rings. The van der Waals surface area contributed by atoms with Gasteiger partial charge in [0.25, 0.3) is 5.91 Å². The summed E-state index contributed by atoms with van der Waals surface area (Å²) in [4.78, 5) is 30.8. The third-order valence-corrected chi connectivity index (χ3v) is 2.46. The first-order valence-electron chi connectivity index (χ1n) is 5.98. The maximum atomic E-state index is 11.6. The van der Waals surface area contributed by atoms with Crippen LogP contribution < -0.4 is 5.32 Å². The molecular formula is C14H13N3O3. The second-order valence-corrected chi connectivity index (χ2v) is 3.95. The average molecular weight is 271 g/mol. The first-order valence-corrected chi connectivity index (χ1v) is 5.98. The van der Waals surface area contributed by atoms with E-state index in [1.165, 1.54) is 24.5 Å². The van der Waals surface area contributed by atoms with Gasteiger partial charge in [-0.3, -0.25) is 14.8 Å². The average Bonchev–Trinajstić information content (AvgIpc) is 2.52. The van der Waals surface area contributed by atoms with Gasteiger partial charge < -0.3 is 10.1 Å². The van der Waals surface area contributed by atoms with E-state index >= 15 is 0 Å². The second-order valence-electron chi connectivity index (χ2n) is 3.95. The molecular weight excluding hydrogens is 258 g/mol. The maximum Gasteiger partial charge on any atom is 0.338 e. The lowest BCUT2D eigenvalue weighted by atomic mass is 10.3. The molecule has 0 fully saturated rings. The summed E-state index contributed by atoms with van der Waals surface area (Å²) in [5.41, 5.74) is 1.24. The molecule has 2 heterocycles. The Kier molecular flexibility index (Phi) is 4.77. The molecule has 0 saturated heterocycles. The van der Waals surface area contributed by atoms with Crippen LogP contribution in [0.15, 0.2) is 49.1 Å². The Morgan fingerprint density at radius 1 is 1.10 bits per heavy atom. The summed E-state index contributed by atoms with van der Waals surface area (Å²) >= 11 is 0. The molecule has 1 N–H and O–H groups in total. The molecule has 0 saturated carbocycles. The summed E-state index contributed by atoms with van der Waals surface area (Å²) in [5, 5.41) is 2.64. The van der Waals surface area contributed by atoms with Crippen molar-refractivity contribution in [2.75, 3.05) is 6.61 Å². The molecule has 6 heteroatoms. The van der Waals surface area contributed by atoms with Crippen LogP contribution in [0.3, 0.4) is 0 Å². The summed E-state index contributed by atoms with van der Waals surface area (Å²) < 4.78 is 4.88. The van der Waals surface area contributed by atoms with E-state index in [2.05, 4.69) is 15.3 Å². The smallest absolute Gasteiger partial charge is 0.338 e. The van der Waals surface area contributed by atoms with E-state index in [-0.39, 0.29) is 12.5 Å². The fraction of sp³-hybridized carbons (Fsp3) is 0.143. The zero-order valence-corrected chi connectivity index (χ0v) is 10.7. The van der Waals surface area contributed by atoms with Gasteiger partial charge in [0.15, 0.2) is 6.61 Å². The van der Waals surface area contributed by atoms with Crippen LogP contribution in [0.5, 0.6) is 0 Å². The molecule has 0 spiro atoms. The summed E-state index contributed by atoms with van der Waals surface area (Å²) in [6.07, 6.45) is 6.28. The predicted molar refractivity (Wildman–Crippen MR) is 70.6 cm³/mol. The van der Waals surface area contributed by atoms with Crippen LogP contribution in [0, 0.1) is 0 Å². The van der Waals surface area contributed by atoms with Crippen molar-refractivity contribution in [3.8, 4) is 0 Å². The van der Waals surface area contributed by atoms with Gasteiger partial charge in [-0.15, -0.1) is 0 Å². The molecule has 1 amide bonds. The van der Waals surface area contributed by atoms with Crippen molar-refractivity contribution >= 4 is 11.9 Å². The molecule has 20 heavy (non-hydrogen) atoms. The van der Waals surface area contributed by atoms with Crippen molar-refractivity contribution in [2.45, 2.75) is 6.54 Å². The minimum atomic E-state index is -0.552. The fourth-order valence-corrected chi connectivity index (χ4v) is 1.46. The van der Waals surface area contributed by atoms with Crippen molar-refractivity contribution in [3.05, 3.63) is 60.2 Å². The lowest BCUT2D eigenvalue weighted by Gasteiger charge is -2.06. The third-order valence-electron chi connectivity index (χ3n) is 2.46. The van der Waals surface area contributed by atoms with Crippen molar-refractivity contribution in [1.29, 1.82) is 0 Å². The number of hydrogen-bond donors (Lipinski definition) is 1. The predicted octanol–water partition coefficient (Wildman–Crippen LogP) is 0.950. The van der Waals surface area contributed by atoms with E-state index in [4.69, 9.17) is 4.74 Å². The van der Waals surface area contributed by atoms with Crippen LogP contribution in [0.2, 0.25) is 0 Å². The third kappa shape index (κ3) is 4.16. The number of amides is 1. The monoisotopic (exact) mass is 271 g/mol. The van der Waals surface area contributed by atoms with Gasteiger partial charge in [0, 0.05) is 31.3 Å². The molecule has 0 atom stereocenters. The van der Waals surface area contributed by atoms with Crippen LogP contribution in [0.1, 0.15) is 15.9 Å². The molecule has 0 radical (unpaired) electrons. The first-order chi connectivity index (χ1) is 9.75. The van der Waals surface area contributed by atoms with E-state index in [0.29, 0.717) is 12.1 Å². The highest BCUT2D eigenvalue weighted by atomic mass is 16.5. The molecule has 0 unspecified atom stereocenters. The van der Waals surface area contributed by atoms with Gasteiger partial charge in [0.1, 0.15) is 0 Å². The quantitative estimate of drug-likeness (QED) is 0.819. The SMILES string of the molecule is O=C(COC(=O)c1ccncc1)NCc1cccnc1. The Hall–Kier alpha value is -2.76. The minimum absolute atomic E-state index is 0.318. The van der Waals surface area contributed by atoms with E-state index < -0.39 is 5.97 Å². The lowest BCUT2D eigenvalue weighted by molar-refractivity contribution is -0.124. The van der Waals surface area contributed by atoms with Gasteiger partial charge in [-0.25, -0.2) is 4.79 Å². The van der Waals surface area contributed by atoms with Gasteiger partial charge in [-0.1, -0.05) is 6.07 Å². The van der Waals surface area contributed by atoms with E-state index in [0.717, 1.165) is 5.56 Å². The number of ether oxygens (including phenoxy) is 1.